The zero-order valence-corrected chi connectivity index (χ0v) is 7.81. The van der Waals surface area contributed by atoms with E-state index in [0.717, 1.165) is 0 Å². The van der Waals surface area contributed by atoms with Crippen molar-refractivity contribution in [3.63, 3.8) is 0 Å². The average molecular weight is 197 g/mol. The van der Waals surface area contributed by atoms with Crippen molar-refractivity contribution in [2.45, 2.75) is 0 Å². The SMILES string of the molecule is CN(CC(N)=NO)c1cccc(F)c1. The number of hydrogen-bond acceptors (Lipinski definition) is 3. The quantitative estimate of drug-likeness (QED) is 0.329. The lowest BCUT2D eigenvalue weighted by atomic mass is 10.3. The standard InChI is InChI=1S/C9H12FN3O/c1-13(6-9(11)12-14)8-4-2-3-7(10)5-8/h2-5,14H,6H2,1H3,(H2,11,12). The molecule has 0 amide bonds. The normalized spacial score (nSPS) is 11.4. The number of nitrogens with zero attached hydrogens (tertiary/aromatic N) is 2. The van der Waals surface area contributed by atoms with Gasteiger partial charge < -0.3 is 15.8 Å². The monoisotopic (exact) mass is 197 g/mol. The van der Waals surface area contributed by atoms with E-state index in [4.69, 9.17) is 10.9 Å². The maximum Gasteiger partial charge on any atom is 0.158 e. The fourth-order valence-electron chi connectivity index (χ4n) is 1.08. The van der Waals surface area contributed by atoms with Crippen molar-refractivity contribution in [2.24, 2.45) is 10.9 Å². The van der Waals surface area contributed by atoms with E-state index < -0.39 is 0 Å². The lowest BCUT2D eigenvalue weighted by molar-refractivity contribution is 0.317. The molecule has 0 fully saturated rings. The van der Waals surface area contributed by atoms with Crippen molar-refractivity contribution in [3.05, 3.63) is 30.1 Å². The van der Waals surface area contributed by atoms with Gasteiger partial charge >= 0.3 is 0 Å². The summed E-state index contributed by atoms with van der Waals surface area (Å²) >= 11 is 0. The summed E-state index contributed by atoms with van der Waals surface area (Å²) in [5, 5.41) is 11.2. The molecule has 76 valence electrons. The van der Waals surface area contributed by atoms with E-state index in [0.29, 0.717) is 5.69 Å². The minimum Gasteiger partial charge on any atom is -0.409 e. The first-order chi connectivity index (χ1) is 6.63. The molecule has 0 bridgehead atoms. The second-order valence-electron chi connectivity index (χ2n) is 2.93. The Bertz CT molecular complexity index is 341. The van der Waals surface area contributed by atoms with E-state index in [1.165, 1.54) is 12.1 Å². The van der Waals surface area contributed by atoms with Crippen molar-refractivity contribution < 1.29 is 9.60 Å². The zero-order valence-electron chi connectivity index (χ0n) is 7.81. The van der Waals surface area contributed by atoms with Crippen LogP contribution in [0.1, 0.15) is 0 Å². The lowest BCUT2D eigenvalue weighted by Gasteiger charge is -2.17. The van der Waals surface area contributed by atoms with Crippen LogP contribution in [0, 0.1) is 5.82 Å². The minimum atomic E-state index is -0.311. The molecule has 0 aliphatic heterocycles. The molecule has 0 unspecified atom stereocenters. The van der Waals surface area contributed by atoms with Gasteiger partial charge in [-0.15, -0.1) is 0 Å². The number of hydrogen-bond donors (Lipinski definition) is 2. The van der Waals surface area contributed by atoms with Gasteiger partial charge in [-0.1, -0.05) is 11.2 Å². The predicted molar refractivity (Wildman–Crippen MR) is 53.1 cm³/mol. The molecule has 4 nitrogen and oxygen atoms in total. The molecule has 1 aromatic rings. The van der Waals surface area contributed by atoms with Crippen molar-refractivity contribution >= 4 is 11.5 Å². The summed E-state index contributed by atoms with van der Waals surface area (Å²) in [6.07, 6.45) is 0. The smallest absolute Gasteiger partial charge is 0.158 e. The molecule has 3 N–H and O–H groups in total. The van der Waals surface area contributed by atoms with E-state index >= 15 is 0 Å². The Morgan fingerprint density at radius 2 is 2.36 bits per heavy atom. The second-order valence-corrected chi connectivity index (χ2v) is 2.93. The number of oxime groups is 1. The van der Waals surface area contributed by atoms with Gasteiger partial charge in [-0.2, -0.15) is 0 Å². The van der Waals surface area contributed by atoms with Crippen LogP contribution >= 0.6 is 0 Å². The molecule has 14 heavy (non-hydrogen) atoms. The minimum absolute atomic E-state index is 0.0803. The first-order valence-corrected chi connectivity index (χ1v) is 4.06. The number of anilines is 1. The Labute approximate surface area is 81.4 Å². The zero-order chi connectivity index (χ0) is 10.6. The number of halogens is 1. The van der Waals surface area contributed by atoms with Crippen molar-refractivity contribution in [2.75, 3.05) is 18.5 Å². The molecule has 0 saturated carbocycles. The summed E-state index contributed by atoms with van der Waals surface area (Å²) in [5.41, 5.74) is 5.99. The Kier molecular flexibility index (Phi) is 3.28. The first-order valence-electron chi connectivity index (χ1n) is 4.06. The molecule has 0 radical (unpaired) electrons. The van der Waals surface area contributed by atoms with Gasteiger partial charge in [-0.05, 0) is 18.2 Å². The van der Waals surface area contributed by atoms with Crippen LogP contribution in [0.15, 0.2) is 29.4 Å². The highest BCUT2D eigenvalue weighted by Gasteiger charge is 2.03. The van der Waals surface area contributed by atoms with Gasteiger partial charge in [0.2, 0.25) is 0 Å². The Morgan fingerprint density at radius 3 is 2.93 bits per heavy atom. The maximum absolute atomic E-state index is 12.8. The molecule has 0 spiro atoms. The van der Waals surface area contributed by atoms with E-state index in [1.807, 2.05) is 0 Å². The van der Waals surface area contributed by atoms with Crippen LogP contribution in [0.25, 0.3) is 0 Å². The topological polar surface area (TPSA) is 61.8 Å². The van der Waals surface area contributed by atoms with Gasteiger partial charge in [0.15, 0.2) is 5.84 Å². The largest absolute Gasteiger partial charge is 0.409 e. The molecule has 0 heterocycles. The number of nitrogens with two attached hydrogens (primary N) is 1. The second kappa shape index (κ2) is 4.45. The van der Waals surface area contributed by atoms with Crippen LogP contribution in [0.5, 0.6) is 0 Å². The Morgan fingerprint density at radius 1 is 1.64 bits per heavy atom. The molecule has 5 heteroatoms. The third-order valence-corrected chi connectivity index (χ3v) is 1.78. The van der Waals surface area contributed by atoms with Crippen LogP contribution in [-0.4, -0.2) is 24.6 Å². The fourth-order valence-corrected chi connectivity index (χ4v) is 1.08. The average Bonchev–Trinajstić information content (AvgIpc) is 2.17. The van der Waals surface area contributed by atoms with Gasteiger partial charge in [0.05, 0.1) is 6.54 Å². The van der Waals surface area contributed by atoms with Gasteiger partial charge in [-0.25, -0.2) is 4.39 Å². The highest BCUT2D eigenvalue weighted by atomic mass is 19.1. The summed E-state index contributed by atoms with van der Waals surface area (Å²) < 4.78 is 12.8. The summed E-state index contributed by atoms with van der Waals surface area (Å²) in [6, 6.07) is 6.09. The van der Waals surface area contributed by atoms with Crippen LogP contribution in [0.3, 0.4) is 0 Å². The third kappa shape index (κ3) is 2.62. The summed E-state index contributed by atoms with van der Waals surface area (Å²) in [5.74, 6) is -0.231. The van der Waals surface area contributed by atoms with Crippen LogP contribution in [-0.2, 0) is 0 Å². The molecule has 1 aromatic carbocycles. The van der Waals surface area contributed by atoms with Crippen LogP contribution in [0.2, 0.25) is 0 Å². The van der Waals surface area contributed by atoms with Crippen LogP contribution < -0.4 is 10.6 Å². The first kappa shape index (κ1) is 10.3. The summed E-state index contributed by atoms with van der Waals surface area (Å²) in [4.78, 5) is 1.68. The van der Waals surface area contributed by atoms with Gasteiger partial charge in [0.1, 0.15) is 5.82 Å². The number of likely N-dealkylation sites (N-methyl/N-ethyl adjacent to an activating group) is 1. The predicted octanol–water partition coefficient (Wildman–Crippen LogP) is 1.01. The Hall–Kier alpha value is -1.78. The fraction of sp³-hybridized carbons (Fsp3) is 0.222. The van der Waals surface area contributed by atoms with E-state index in [9.17, 15) is 4.39 Å². The van der Waals surface area contributed by atoms with E-state index in [-0.39, 0.29) is 18.2 Å². The highest BCUT2D eigenvalue weighted by molar-refractivity contribution is 5.84. The molecule has 0 saturated heterocycles. The number of rotatable bonds is 3. The van der Waals surface area contributed by atoms with E-state index in [2.05, 4.69) is 5.16 Å². The van der Waals surface area contributed by atoms with Gasteiger partial charge in [-0.3, -0.25) is 0 Å². The summed E-state index contributed by atoms with van der Waals surface area (Å²) in [6.45, 7) is 0.250. The number of amidine groups is 1. The molecule has 0 aromatic heterocycles. The van der Waals surface area contributed by atoms with E-state index in [1.54, 1.807) is 24.1 Å². The van der Waals surface area contributed by atoms with Crippen molar-refractivity contribution in [3.8, 4) is 0 Å². The molecular formula is C9H12FN3O. The lowest BCUT2D eigenvalue weighted by Crippen LogP contribution is -2.30. The number of benzene rings is 1. The van der Waals surface area contributed by atoms with Crippen LogP contribution in [0.4, 0.5) is 10.1 Å². The van der Waals surface area contributed by atoms with Crippen molar-refractivity contribution in [1.82, 2.24) is 0 Å². The molecule has 1 rings (SSSR count). The molecule has 0 atom stereocenters. The van der Waals surface area contributed by atoms with Gasteiger partial charge in [0.25, 0.3) is 0 Å². The van der Waals surface area contributed by atoms with Crippen molar-refractivity contribution in [1.29, 1.82) is 0 Å². The summed E-state index contributed by atoms with van der Waals surface area (Å²) in [7, 11) is 1.73. The Balaban J connectivity index is 2.74. The van der Waals surface area contributed by atoms with Gasteiger partial charge in [0, 0.05) is 12.7 Å². The molecule has 0 aliphatic carbocycles. The maximum atomic E-state index is 12.8. The molecule has 0 aliphatic rings. The third-order valence-electron chi connectivity index (χ3n) is 1.78. The highest BCUT2D eigenvalue weighted by Crippen LogP contribution is 2.12. The molecular weight excluding hydrogens is 185 g/mol.